The summed E-state index contributed by atoms with van der Waals surface area (Å²) in [6.07, 6.45) is 1.95. The Morgan fingerprint density at radius 2 is 1.93 bits per heavy atom. The van der Waals surface area contributed by atoms with Gasteiger partial charge in [0.15, 0.2) is 0 Å². The Morgan fingerprint density at radius 3 is 2.57 bits per heavy atom. The molecule has 9 heteroatoms. The van der Waals surface area contributed by atoms with Gasteiger partial charge in [-0.05, 0) is 30.3 Å². The summed E-state index contributed by atoms with van der Waals surface area (Å²) in [4.78, 5) is 20.8. The summed E-state index contributed by atoms with van der Waals surface area (Å²) < 4.78 is 31.5. The van der Waals surface area contributed by atoms with E-state index >= 15 is 0 Å². The number of nitrogens with zero attached hydrogens (tertiary/aromatic N) is 5. The Labute approximate surface area is 157 Å². The Kier molecular flexibility index (Phi) is 4.71. The molecule has 4 aromatic rings. The highest BCUT2D eigenvalue weighted by Crippen LogP contribution is 2.22. The molecule has 0 N–H and O–H groups in total. The van der Waals surface area contributed by atoms with Crippen LogP contribution in [0.1, 0.15) is 18.0 Å². The van der Waals surface area contributed by atoms with Gasteiger partial charge in [-0.1, -0.05) is 6.07 Å². The molecule has 0 fully saturated rings. The fraction of sp³-hybridized carbons (Fsp3) is 0.105. The first-order valence-corrected chi connectivity index (χ1v) is 8.29. The minimum absolute atomic E-state index is 0.0359. The van der Waals surface area contributed by atoms with E-state index in [9.17, 15) is 13.6 Å². The molecule has 140 valence electrons. The average Bonchev–Trinajstić information content (AvgIpc) is 3.21. The summed E-state index contributed by atoms with van der Waals surface area (Å²) in [7, 11) is 0. The third-order valence-corrected chi connectivity index (χ3v) is 3.99. The monoisotopic (exact) mass is 381 g/mol. The highest BCUT2D eigenvalue weighted by molar-refractivity contribution is 5.57. The van der Waals surface area contributed by atoms with Gasteiger partial charge in [-0.3, -0.25) is 14.8 Å². The standard InChI is InChI=1S/C19H13F2N5O2/c20-17(21)19-25-24-18(28-19)13-4-5-14(23-10-13)11-26-8-6-12(9-16(26)27)15-3-1-2-7-22-15/h1-10,17H,11H2. The van der Waals surface area contributed by atoms with Crippen molar-refractivity contribution in [1.82, 2.24) is 24.7 Å². The molecular weight excluding hydrogens is 368 g/mol. The second-order valence-electron chi connectivity index (χ2n) is 5.88. The molecule has 7 nitrogen and oxygen atoms in total. The number of aromatic nitrogens is 5. The lowest BCUT2D eigenvalue weighted by molar-refractivity contribution is 0.116. The third-order valence-electron chi connectivity index (χ3n) is 3.99. The maximum atomic E-state index is 12.5. The van der Waals surface area contributed by atoms with Gasteiger partial charge < -0.3 is 8.98 Å². The highest BCUT2D eigenvalue weighted by Gasteiger charge is 2.17. The van der Waals surface area contributed by atoms with Crippen molar-refractivity contribution in [3.05, 3.63) is 83.0 Å². The quantitative estimate of drug-likeness (QED) is 0.527. The molecule has 0 saturated carbocycles. The maximum Gasteiger partial charge on any atom is 0.314 e. The number of hydrogen-bond donors (Lipinski definition) is 0. The molecule has 0 aliphatic carbocycles. The van der Waals surface area contributed by atoms with Crippen LogP contribution in [0.5, 0.6) is 0 Å². The van der Waals surface area contributed by atoms with Gasteiger partial charge in [0, 0.05) is 30.2 Å². The van der Waals surface area contributed by atoms with Crippen molar-refractivity contribution in [2.24, 2.45) is 0 Å². The van der Waals surface area contributed by atoms with Crippen LogP contribution in [0, 0.1) is 0 Å². The van der Waals surface area contributed by atoms with Gasteiger partial charge in [0.2, 0.25) is 5.89 Å². The molecular formula is C19H13F2N5O2. The van der Waals surface area contributed by atoms with E-state index in [4.69, 9.17) is 4.42 Å². The Morgan fingerprint density at radius 1 is 1.04 bits per heavy atom. The van der Waals surface area contributed by atoms with Crippen LogP contribution < -0.4 is 5.56 Å². The first-order chi connectivity index (χ1) is 13.6. The van der Waals surface area contributed by atoms with Crippen molar-refractivity contribution >= 4 is 0 Å². The molecule has 28 heavy (non-hydrogen) atoms. The normalized spacial score (nSPS) is 11.1. The molecule has 0 aromatic carbocycles. The second-order valence-corrected chi connectivity index (χ2v) is 5.88. The van der Waals surface area contributed by atoms with Gasteiger partial charge in [0.1, 0.15) is 0 Å². The van der Waals surface area contributed by atoms with Gasteiger partial charge in [-0.25, -0.2) is 0 Å². The highest BCUT2D eigenvalue weighted by atomic mass is 19.3. The zero-order chi connectivity index (χ0) is 19.5. The molecule has 0 atom stereocenters. The minimum atomic E-state index is -2.82. The zero-order valence-electron chi connectivity index (χ0n) is 14.4. The summed E-state index contributed by atoms with van der Waals surface area (Å²) in [5, 5.41) is 6.86. The van der Waals surface area contributed by atoms with Crippen LogP contribution in [0.4, 0.5) is 8.78 Å². The summed E-state index contributed by atoms with van der Waals surface area (Å²) >= 11 is 0. The number of alkyl halides is 2. The van der Waals surface area contributed by atoms with E-state index in [0.29, 0.717) is 11.3 Å². The Balaban J connectivity index is 1.52. The molecule has 0 spiro atoms. The topological polar surface area (TPSA) is 86.7 Å². The van der Waals surface area contributed by atoms with Crippen molar-refractivity contribution in [1.29, 1.82) is 0 Å². The molecule has 0 unspecified atom stereocenters. The van der Waals surface area contributed by atoms with Gasteiger partial charge in [-0.2, -0.15) is 8.78 Å². The molecule has 0 amide bonds. The van der Waals surface area contributed by atoms with Crippen molar-refractivity contribution in [2.75, 3.05) is 0 Å². The third kappa shape index (κ3) is 3.68. The minimum Gasteiger partial charge on any atom is -0.415 e. The van der Waals surface area contributed by atoms with Crippen LogP contribution in [0.15, 0.2) is 70.3 Å². The average molecular weight is 381 g/mol. The van der Waals surface area contributed by atoms with E-state index in [2.05, 4.69) is 20.2 Å². The number of pyridine rings is 3. The molecule has 4 aromatic heterocycles. The van der Waals surface area contributed by atoms with E-state index in [-0.39, 0.29) is 18.0 Å². The van der Waals surface area contributed by atoms with Crippen LogP contribution >= 0.6 is 0 Å². The molecule has 0 aliphatic rings. The molecule has 0 bridgehead atoms. The molecule has 0 saturated heterocycles. The van der Waals surface area contributed by atoms with E-state index < -0.39 is 12.3 Å². The van der Waals surface area contributed by atoms with Crippen molar-refractivity contribution in [2.45, 2.75) is 13.0 Å². The van der Waals surface area contributed by atoms with Gasteiger partial charge in [0.05, 0.1) is 23.5 Å². The maximum absolute atomic E-state index is 12.5. The number of rotatable bonds is 5. The summed E-state index contributed by atoms with van der Waals surface area (Å²) in [6, 6.07) is 12.1. The molecule has 4 rings (SSSR count). The largest absolute Gasteiger partial charge is 0.415 e. The first-order valence-electron chi connectivity index (χ1n) is 8.29. The first kappa shape index (κ1) is 17.7. The van der Waals surface area contributed by atoms with Crippen LogP contribution in [-0.2, 0) is 6.54 Å². The predicted octanol–water partition coefficient (Wildman–Crippen LogP) is 3.34. The summed E-state index contributed by atoms with van der Waals surface area (Å²) in [5.41, 5.74) is 2.30. The predicted molar refractivity (Wildman–Crippen MR) is 95.5 cm³/mol. The van der Waals surface area contributed by atoms with Crippen LogP contribution in [0.2, 0.25) is 0 Å². The van der Waals surface area contributed by atoms with E-state index in [1.54, 1.807) is 24.5 Å². The lowest BCUT2D eigenvalue weighted by Crippen LogP contribution is -2.19. The number of hydrogen-bond acceptors (Lipinski definition) is 6. The molecule has 0 radical (unpaired) electrons. The van der Waals surface area contributed by atoms with Crippen LogP contribution in [-0.4, -0.2) is 24.7 Å². The van der Waals surface area contributed by atoms with Crippen molar-refractivity contribution in [3.63, 3.8) is 0 Å². The second kappa shape index (κ2) is 7.47. The lowest BCUT2D eigenvalue weighted by Gasteiger charge is -2.07. The Hall–Kier alpha value is -3.75. The van der Waals surface area contributed by atoms with Crippen LogP contribution in [0.25, 0.3) is 22.7 Å². The summed E-state index contributed by atoms with van der Waals surface area (Å²) in [5.74, 6) is -0.773. The fourth-order valence-corrected chi connectivity index (χ4v) is 2.59. The van der Waals surface area contributed by atoms with Gasteiger partial charge in [-0.15, -0.1) is 10.2 Å². The van der Waals surface area contributed by atoms with E-state index in [1.165, 1.54) is 16.8 Å². The Bertz CT molecular complexity index is 1140. The van der Waals surface area contributed by atoms with E-state index in [1.807, 2.05) is 24.3 Å². The van der Waals surface area contributed by atoms with Crippen LogP contribution in [0.3, 0.4) is 0 Å². The van der Waals surface area contributed by atoms with Crippen molar-refractivity contribution in [3.8, 4) is 22.7 Å². The SMILES string of the molecule is O=c1cc(-c2ccccn2)ccn1Cc1ccc(-c2nnc(C(F)F)o2)cn1. The summed E-state index contributed by atoms with van der Waals surface area (Å²) in [6.45, 7) is 0.258. The smallest absolute Gasteiger partial charge is 0.314 e. The van der Waals surface area contributed by atoms with Crippen molar-refractivity contribution < 1.29 is 13.2 Å². The van der Waals surface area contributed by atoms with Gasteiger partial charge >= 0.3 is 6.43 Å². The van der Waals surface area contributed by atoms with Gasteiger partial charge in [0.25, 0.3) is 11.4 Å². The fourth-order valence-electron chi connectivity index (χ4n) is 2.59. The lowest BCUT2D eigenvalue weighted by atomic mass is 10.2. The molecule has 0 aliphatic heterocycles. The number of halogens is 2. The zero-order valence-corrected chi connectivity index (χ0v) is 14.4. The van der Waals surface area contributed by atoms with E-state index in [0.717, 1.165) is 11.3 Å². The molecule has 4 heterocycles.